The molecule has 5 rings (SSSR count). The summed E-state index contributed by atoms with van der Waals surface area (Å²) < 4.78 is 13.0. The van der Waals surface area contributed by atoms with Crippen LogP contribution in [0.25, 0.3) is 28.7 Å². The van der Waals surface area contributed by atoms with Gasteiger partial charge in [-0.3, -0.25) is 14.2 Å². The number of aromatic nitrogens is 1. The van der Waals surface area contributed by atoms with Crippen LogP contribution in [0, 0.1) is 11.3 Å². The molecule has 0 atom stereocenters. The second-order valence-corrected chi connectivity index (χ2v) is 9.84. The number of nitriles is 1. The van der Waals surface area contributed by atoms with Crippen LogP contribution in [0.5, 0.6) is 0 Å². The first-order chi connectivity index (χ1) is 18.4. The zero-order chi connectivity index (χ0) is 26.6. The molecule has 3 heterocycles. The average molecular weight is 562 g/mol. The topological polar surface area (TPSA) is 101 Å². The van der Waals surface area contributed by atoms with Crippen molar-refractivity contribution in [3.8, 4) is 23.1 Å². The highest BCUT2D eigenvalue weighted by atomic mass is 35.5. The molecule has 10 heteroatoms. The molecule has 38 heavy (non-hydrogen) atoms. The third-order valence-electron chi connectivity index (χ3n) is 5.49. The van der Waals surface area contributed by atoms with E-state index in [-0.39, 0.29) is 21.3 Å². The molecular formula is C28H17Cl2N3O4S. The van der Waals surface area contributed by atoms with E-state index in [2.05, 4.69) is 5.32 Å². The molecule has 2 aromatic carbocycles. The molecule has 0 bridgehead atoms. The minimum absolute atomic E-state index is 0.0966. The zero-order valence-corrected chi connectivity index (χ0v) is 21.8. The number of carbonyl (C=O) groups is 1. The Kier molecular flexibility index (Phi) is 7.33. The lowest BCUT2D eigenvalue weighted by Crippen LogP contribution is -2.33. The predicted molar refractivity (Wildman–Crippen MR) is 146 cm³/mol. The molecule has 0 radical (unpaired) electrons. The lowest BCUT2D eigenvalue weighted by Gasteiger charge is -2.04. The average Bonchev–Trinajstić information content (AvgIpc) is 3.66. The van der Waals surface area contributed by atoms with Gasteiger partial charge in [0.2, 0.25) is 0 Å². The van der Waals surface area contributed by atoms with Gasteiger partial charge in [0.05, 0.1) is 28.1 Å². The van der Waals surface area contributed by atoms with Crippen molar-refractivity contribution in [2.45, 2.75) is 6.54 Å². The van der Waals surface area contributed by atoms with E-state index >= 15 is 0 Å². The maximum Gasteiger partial charge on any atom is 0.273 e. The number of thiazole rings is 1. The molecular weight excluding hydrogens is 545 g/mol. The van der Waals surface area contributed by atoms with E-state index in [0.717, 1.165) is 11.3 Å². The second-order valence-electron chi connectivity index (χ2n) is 7.97. The number of carbonyl (C=O) groups excluding carboxylic acids is 1. The minimum atomic E-state index is -0.626. The maximum atomic E-state index is 13.5. The number of hydrogen-bond donors (Lipinski definition) is 1. The summed E-state index contributed by atoms with van der Waals surface area (Å²) in [5.74, 6) is 0.807. The molecule has 7 nitrogen and oxygen atoms in total. The molecule has 0 fully saturated rings. The van der Waals surface area contributed by atoms with E-state index in [1.165, 1.54) is 10.8 Å². The van der Waals surface area contributed by atoms with Crippen molar-refractivity contribution in [2.75, 3.05) is 0 Å². The lowest BCUT2D eigenvalue weighted by molar-refractivity contribution is -0.115. The Balaban J connectivity index is 1.62. The highest BCUT2D eigenvalue weighted by molar-refractivity contribution is 7.07. The van der Waals surface area contributed by atoms with Crippen molar-refractivity contribution in [1.29, 1.82) is 5.26 Å². The van der Waals surface area contributed by atoms with Gasteiger partial charge < -0.3 is 14.2 Å². The number of amides is 1. The van der Waals surface area contributed by atoms with Crippen molar-refractivity contribution in [3.63, 3.8) is 0 Å². The van der Waals surface area contributed by atoms with Crippen LogP contribution in [-0.2, 0) is 11.3 Å². The van der Waals surface area contributed by atoms with Gasteiger partial charge in [0, 0.05) is 16.7 Å². The Morgan fingerprint density at radius 2 is 1.89 bits per heavy atom. The van der Waals surface area contributed by atoms with E-state index in [9.17, 15) is 14.9 Å². The number of nitrogens with one attached hydrogen (secondary N) is 1. The summed E-state index contributed by atoms with van der Waals surface area (Å²) in [6.07, 6.45) is 3.06. The highest BCUT2D eigenvalue weighted by Crippen LogP contribution is 2.31. The van der Waals surface area contributed by atoms with Crippen molar-refractivity contribution < 1.29 is 13.6 Å². The third kappa shape index (κ3) is 5.22. The van der Waals surface area contributed by atoms with Gasteiger partial charge in [-0.2, -0.15) is 5.26 Å². The van der Waals surface area contributed by atoms with Crippen LogP contribution in [0.4, 0.5) is 0 Å². The summed E-state index contributed by atoms with van der Waals surface area (Å²) in [6.45, 7) is 0.0966. The van der Waals surface area contributed by atoms with Crippen LogP contribution >= 0.6 is 34.5 Å². The zero-order valence-electron chi connectivity index (χ0n) is 19.5. The van der Waals surface area contributed by atoms with Gasteiger partial charge in [-0.1, -0.05) is 41.4 Å². The number of nitrogens with zero attached hydrogens (tertiary/aromatic N) is 2. The van der Waals surface area contributed by atoms with E-state index in [0.29, 0.717) is 38.6 Å². The Morgan fingerprint density at radius 3 is 2.61 bits per heavy atom. The molecule has 3 aromatic heterocycles. The summed E-state index contributed by atoms with van der Waals surface area (Å²) in [4.78, 5) is 26.5. The number of furan rings is 2. The Hall–Kier alpha value is -4.29. The van der Waals surface area contributed by atoms with Crippen LogP contribution in [-0.4, -0.2) is 10.5 Å². The van der Waals surface area contributed by atoms with Crippen LogP contribution < -0.4 is 20.1 Å². The first kappa shape index (κ1) is 25.4. The molecule has 188 valence electrons. The fourth-order valence-corrected chi connectivity index (χ4v) is 5.30. The maximum absolute atomic E-state index is 13.5. The van der Waals surface area contributed by atoms with E-state index in [1.54, 1.807) is 72.8 Å². The molecule has 0 saturated carbocycles. The van der Waals surface area contributed by atoms with Crippen molar-refractivity contribution in [1.82, 2.24) is 9.88 Å². The standard InChI is InChI=1S/C28H17Cl2N3O4S/c29-17-8-10-21(23(30)13-17)24-11-9-19(37-24)14-25-27(35)33(18-5-2-1-3-6-18)28(38-25)22(15-31)26(34)32-16-20-7-4-12-36-20/h1-14H,16H2,(H,32,34)/b25-14+,28-22-. The summed E-state index contributed by atoms with van der Waals surface area (Å²) >= 11 is 13.3. The number of hydrogen-bond acceptors (Lipinski definition) is 6. The highest BCUT2D eigenvalue weighted by Gasteiger charge is 2.17. The number of halogens is 2. The van der Waals surface area contributed by atoms with Crippen molar-refractivity contribution in [3.05, 3.63) is 120 Å². The van der Waals surface area contributed by atoms with Gasteiger partial charge in [0.25, 0.3) is 11.5 Å². The quantitative estimate of drug-likeness (QED) is 0.318. The minimum Gasteiger partial charge on any atom is -0.467 e. The van der Waals surface area contributed by atoms with Crippen LogP contribution in [0.1, 0.15) is 11.5 Å². The fourth-order valence-electron chi connectivity index (χ4n) is 3.72. The smallest absolute Gasteiger partial charge is 0.273 e. The third-order valence-corrected chi connectivity index (χ3v) is 7.13. The second kappa shape index (κ2) is 11.0. The van der Waals surface area contributed by atoms with Crippen molar-refractivity contribution in [2.24, 2.45) is 0 Å². The number of para-hydroxylation sites is 1. The summed E-state index contributed by atoms with van der Waals surface area (Å²) in [6, 6.07) is 22.7. The van der Waals surface area contributed by atoms with Gasteiger partial charge in [-0.25, -0.2) is 0 Å². The molecule has 0 aliphatic carbocycles. The lowest BCUT2D eigenvalue weighted by atomic mass is 10.2. The molecule has 0 aliphatic rings. The molecule has 5 aromatic rings. The van der Waals surface area contributed by atoms with E-state index < -0.39 is 11.5 Å². The first-order valence-corrected chi connectivity index (χ1v) is 12.8. The molecule has 1 N–H and O–H groups in total. The molecule has 0 unspecified atom stereocenters. The van der Waals surface area contributed by atoms with Crippen LogP contribution in [0.2, 0.25) is 10.0 Å². The van der Waals surface area contributed by atoms with Gasteiger partial charge in [0.1, 0.15) is 28.0 Å². The summed E-state index contributed by atoms with van der Waals surface area (Å²) in [5.41, 5.74) is 0.571. The summed E-state index contributed by atoms with van der Waals surface area (Å²) in [5, 5.41) is 13.5. The first-order valence-electron chi connectivity index (χ1n) is 11.2. The van der Waals surface area contributed by atoms with E-state index in [4.69, 9.17) is 32.0 Å². The SMILES string of the molecule is N#C/C(C(=O)NCc1ccco1)=c1/s/c(=C/c2ccc(-c3ccc(Cl)cc3Cl)o2)c(=O)n1-c1ccccc1. The monoisotopic (exact) mass is 561 g/mol. The van der Waals surface area contributed by atoms with Gasteiger partial charge >= 0.3 is 0 Å². The Morgan fingerprint density at radius 1 is 1.08 bits per heavy atom. The van der Waals surface area contributed by atoms with Gasteiger partial charge in [-0.15, -0.1) is 11.3 Å². The molecule has 0 aliphatic heterocycles. The predicted octanol–water partition coefficient (Wildman–Crippen LogP) is 4.88. The fraction of sp³-hybridized carbons (Fsp3) is 0.0357. The van der Waals surface area contributed by atoms with E-state index in [1.807, 2.05) is 12.1 Å². The van der Waals surface area contributed by atoms with Gasteiger partial charge in [-0.05, 0) is 54.6 Å². The molecule has 1 amide bonds. The van der Waals surface area contributed by atoms with Crippen LogP contribution in [0.3, 0.4) is 0 Å². The molecule has 0 spiro atoms. The normalized spacial score (nSPS) is 12.3. The van der Waals surface area contributed by atoms with Crippen molar-refractivity contribution >= 4 is 52.1 Å². The molecule has 0 saturated heterocycles. The Labute approximate surface area is 230 Å². The largest absolute Gasteiger partial charge is 0.467 e. The Bertz CT molecular complexity index is 1850. The number of rotatable bonds is 6. The number of benzene rings is 2. The van der Waals surface area contributed by atoms with Gasteiger partial charge in [0.15, 0.2) is 5.57 Å². The summed E-state index contributed by atoms with van der Waals surface area (Å²) in [7, 11) is 0. The van der Waals surface area contributed by atoms with Crippen LogP contribution in [0.15, 0.2) is 92.7 Å².